The summed E-state index contributed by atoms with van der Waals surface area (Å²) in [5.41, 5.74) is 6.78. The van der Waals surface area contributed by atoms with Gasteiger partial charge in [-0.2, -0.15) is 5.10 Å². The molecule has 2 aromatic rings. The van der Waals surface area contributed by atoms with Crippen molar-refractivity contribution in [2.45, 2.75) is 19.1 Å². The molecule has 0 aliphatic heterocycles. The number of H-pyrrole nitrogens is 1. The molecule has 0 saturated heterocycles. The summed E-state index contributed by atoms with van der Waals surface area (Å²) in [6, 6.07) is 6.89. The highest BCUT2D eigenvalue weighted by molar-refractivity contribution is 6.04. The van der Waals surface area contributed by atoms with E-state index in [0.717, 1.165) is 10.9 Å². The summed E-state index contributed by atoms with van der Waals surface area (Å²) in [5, 5.41) is 19.4. The van der Waals surface area contributed by atoms with Crippen LogP contribution in [0.5, 0.6) is 0 Å². The van der Waals surface area contributed by atoms with E-state index >= 15 is 0 Å². The highest BCUT2D eigenvalue weighted by Crippen LogP contribution is 2.14. The smallest absolute Gasteiger partial charge is 0.272 e. The van der Waals surface area contributed by atoms with Gasteiger partial charge in [0.2, 0.25) is 0 Å². The lowest BCUT2D eigenvalue weighted by Crippen LogP contribution is -2.43. The number of nitrogens with one attached hydrogen (secondary N) is 2. The minimum atomic E-state index is -0.666. The van der Waals surface area contributed by atoms with Crippen molar-refractivity contribution in [2.75, 3.05) is 6.54 Å². The molecule has 1 aromatic heterocycles. The number of carbonyl (C=O) groups is 1. The summed E-state index contributed by atoms with van der Waals surface area (Å²) in [5.74, 6) is -0.302. The maximum Gasteiger partial charge on any atom is 0.272 e. The average Bonchev–Trinajstić information content (AvgIpc) is 2.79. The van der Waals surface area contributed by atoms with Crippen LogP contribution in [0.2, 0.25) is 0 Å². The number of benzene rings is 1. The molecule has 0 aliphatic rings. The zero-order chi connectivity index (χ0) is 13.1. The van der Waals surface area contributed by atoms with Gasteiger partial charge in [0.05, 0.1) is 11.6 Å². The predicted molar refractivity (Wildman–Crippen MR) is 68.1 cm³/mol. The molecule has 1 heterocycles. The van der Waals surface area contributed by atoms with Gasteiger partial charge in [-0.3, -0.25) is 9.89 Å². The van der Waals surface area contributed by atoms with Crippen LogP contribution < -0.4 is 11.1 Å². The Hall–Kier alpha value is -1.92. The van der Waals surface area contributed by atoms with Gasteiger partial charge < -0.3 is 16.2 Å². The van der Waals surface area contributed by atoms with Crippen LogP contribution in [0.4, 0.5) is 0 Å². The van der Waals surface area contributed by atoms with Crippen LogP contribution in [0.1, 0.15) is 17.4 Å². The molecule has 0 saturated carbocycles. The first-order valence-corrected chi connectivity index (χ1v) is 5.74. The molecule has 2 atom stereocenters. The van der Waals surface area contributed by atoms with E-state index in [2.05, 4.69) is 15.5 Å². The quantitative estimate of drug-likeness (QED) is 0.611. The Morgan fingerprint density at radius 2 is 2.28 bits per heavy atom. The average molecular weight is 248 g/mol. The molecule has 2 unspecified atom stereocenters. The molecule has 1 aromatic carbocycles. The molecule has 6 heteroatoms. The fraction of sp³-hybridized carbons (Fsp3) is 0.333. The highest BCUT2D eigenvalue weighted by atomic mass is 16.3. The normalized spacial score (nSPS) is 14.4. The number of nitrogens with zero attached hydrogens (tertiary/aromatic N) is 1. The third-order valence-electron chi connectivity index (χ3n) is 2.80. The first kappa shape index (κ1) is 12.5. The first-order valence-electron chi connectivity index (χ1n) is 5.74. The molecule has 18 heavy (non-hydrogen) atoms. The Morgan fingerprint density at radius 1 is 1.56 bits per heavy atom. The van der Waals surface area contributed by atoms with Crippen molar-refractivity contribution < 1.29 is 9.90 Å². The van der Waals surface area contributed by atoms with Crippen molar-refractivity contribution in [2.24, 2.45) is 5.73 Å². The summed E-state index contributed by atoms with van der Waals surface area (Å²) < 4.78 is 0. The van der Waals surface area contributed by atoms with Gasteiger partial charge in [-0.1, -0.05) is 18.2 Å². The number of aromatic nitrogens is 2. The molecule has 0 fully saturated rings. The van der Waals surface area contributed by atoms with Crippen LogP contribution in [-0.2, 0) is 0 Å². The van der Waals surface area contributed by atoms with E-state index in [1.54, 1.807) is 6.92 Å². The molecular weight excluding hydrogens is 232 g/mol. The standard InChI is InChI=1S/C12H16N4O2/c1-7(17)9(13)6-14-12(18)11-8-4-2-3-5-10(8)15-16-11/h2-5,7,9,17H,6,13H2,1H3,(H,14,18)(H,15,16). The van der Waals surface area contributed by atoms with Crippen LogP contribution in [0.25, 0.3) is 10.9 Å². The Morgan fingerprint density at radius 3 is 3.00 bits per heavy atom. The molecule has 96 valence electrons. The minimum Gasteiger partial charge on any atom is -0.392 e. The third kappa shape index (κ3) is 2.49. The lowest BCUT2D eigenvalue weighted by molar-refractivity contribution is 0.0934. The van der Waals surface area contributed by atoms with E-state index in [4.69, 9.17) is 5.73 Å². The van der Waals surface area contributed by atoms with Crippen molar-refractivity contribution in [3.05, 3.63) is 30.0 Å². The number of rotatable bonds is 4. The second kappa shape index (κ2) is 5.16. The van der Waals surface area contributed by atoms with Gasteiger partial charge in [-0.25, -0.2) is 0 Å². The Balaban J connectivity index is 2.10. The molecule has 6 nitrogen and oxygen atoms in total. The van der Waals surface area contributed by atoms with Crippen molar-refractivity contribution in [1.82, 2.24) is 15.5 Å². The molecular formula is C12H16N4O2. The van der Waals surface area contributed by atoms with Gasteiger partial charge in [0, 0.05) is 18.0 Å². The molecule has 5 N–H and O–H groups in total. The topological polar surface area (TPSA) is 104 Å². The number of hydrogen-bond donors (Lipinski definition) is 4. The zero-order valence-corrected chi connectivity index (χ0v) is 10.1. The number of aromatic amines is 1. The van der Waals surface area contributed by atoms with E-state index in [1.165, 1.54) is 0 Å². The fourth-order valence-corrected chi connectivity index (χ4v) is 1.60. The van der Waals surface area contributed by atoms with Crippen molar-refractivity contribution in [3.63, 3.8) is 0 Å². The number of amides is 1. The number of carbonyl (C=O) groups excluding carboxylic acids is 1. The van der Waals surface area contributed by atoms with Gasteiger partial charge in [-0.15, -0.1) is 0 Å². The number of nitrogens with two attached hydrogens (primary N) is 1. The molecule has 0 spiro atoms. The van der Waals surface area contributed by atoms with Crippen molar-refractivity contribution >= 4 is 16.8 Å². The zero-order valence-electron chi connectivity index (χ0n) is 10.1. The van der Waals surface area contributed by atoms with Crippen LogP contribution in [0, 0.1) is 0 Å². The second-order valence-corrected chi connectivity index (χ2v) is 4.23. The van der Waals surface area contributed by atoms with Crippen molar-refractivity contribution in [1.29, 1.82) is 0 Å². The first-order chi connectivity index (χ1) is 8.59. The summed E-state index contributed by atoms with van der Waals surface area (Å²) >= 11 is 0. The van der Waals surface area contributed by atoms with Crippen LogP contribution in [0.15, 0.2) is 24.3 Å². The summed E-state index contributed by atoms with van der Waals surface area (Å²) in [4.78, 5) is 11.9. The van der Waals surface area contributed by atoms with Gasteiger partial charge in [0.25, 0.3) is 5.91 Å². The van der Waals surface area contributed by atoms with E-state index in [1.807, 2.05) is 24.3 Å². The molecule has 0 radical (unpaired) electrons. The van der Waals surface area contributed by atoms with E-state index < -0.39 is 12.1 Å². The molecule has 0 bridgehead atoms. The van der Waals surface area contributed by atoms with Gasteiger partial charge in [-0.05, 0) is 13.0 Å². The van der Waals surface area contributed by atoms with Crippen LogP contribution in [0.3, 0.4) is 0 Å². The monoisotopic (exact) mass is 248 g/mol. The van der Waals surface area contributed by atoms with Gasteiger partial charge in [0.15, 0.2) is 5.69 Å². The fourth-order valence-electron chi connectivity index (χ4n) is 1.60. The summed E-state index contributed by atoms with van der Waals surface area (Å²) in [6.07, 6.45) is -0.666. The lowest BCUT2D eigenvalue weighted by atomic mass is 10.2. The van der Waals surface area contributed by atoms with Crippen LogP contribution in [-0.4, -0.2) is 39.9 Å². The SMILES string of the molecule is CC(O)C(N)CNC(=O)c1n[nH]c2ccccc12. The minimum absolute atomic E-state index is 0.206. The Labute approximate surface area is 104 Å². The highest BCUT2D eigenvalue weighted by Gasteiger charge is 2.15. The number of fused-ring (bicyclic) bond motifs is 1. The Kier molecular flexibility index (Phi) is 3.59. The van der Waals surface area contributed by atoms with Gasteiger partial charge in [0.1, 0.15) is 0 Å². The molecule has 1 amide bonds. The lowest BCUT2D eigenvalue weighted by Gasteiger charge is -2.14. The number of aliphatic hydroxyl groups is 1. The van der Waals surface area contributed by atoms with E-state index in [-0.39, 0.29) is 12.5 Å². The summed E-state index contributed by atoms with van der Waals surface area (Å²) in [6.45, 7) is 1.79. The third-order valence-corrected chi connectivity index (χ3v) is 2.80. The van der Waals surface area contributed by atoms with E-state index in [9.17, 15) is 9.90 Å². The summed E-state index contributed by atoms with van der Waals surface area (Å²) in [7, 11) is 0. The van der Waals surface area contributed by atoms with E-state index in [0.29, 0.717) is 5.69 Å². The Bertz CT molecular complexity index is 550. The van der Waals surface area contributed by atoms with Crippen LogP contribution >= 0.6 is 0 Å². The number of hydrogen-bond acceptors (Lipinski definition) is 4. The van der Waals surface area contributed by atoms with Crippen molar-refractivity contribution in [3.8, 4) is 0 Å². The number of para-hydroxylation sites is 1. The maximum atomic E-state index is 11.9. The molecule has 2 rings (SSSR count). The van der Waals surface area contributed by atoms with Gasteiger partial charge >= 0.3 is 0 Å². The predicted octanol–water partition coefficient (Wildman–Crippen LogP) is 0.000800. The number of aliphatic hydroxyl groups excluding tert-OH is 1. The maximum absolute atomic E-state index is 11.9. The molecule has 0 aliphatic carbocycles. The largest absolute Gasteiger partial charge is 0.392 e. The second-order valence-electron chi connectivity index (χ2n) is 4.23.